The molecule has 0 aromatic heterocycles. The number of benzene rings is 1. The lowest BCUT2D eigenvalue weighted by molar-refractivity contribution is -0.138. The van der Waals surface area contributed by atoms with Crippen molar-refractivity contribution in [3.8, 4) is 0 Å². The van der Waals surface area contributed by atoms with E-state index >= 15 is 0 Å². The maximum Gasteiger partial charge on any atom is 0.277 e. The maximum atomic E-state index is 13.0. The fraction of sp³-hybridized carbons (Fsp3) is 0.474. The van der Waals surface area contributed by atoms with Crippen molar-refractivity contribution < 1.29 is 19.1 Å². The molecular formula is C19H24N2O4. The predicted octanol–water partition coefficient (Wildman–Crippen LogP) is 1.44. The number of rotatable bonds is 6. The van der Waals surface area contributed by atoms with Gasteiger partial charge in [-0.05, 0) is 18.9 Å². The molecule has 0 bridgehead atoms. The minimum absolute atomic E-state index is 0.210. The van der Waals surface area contributed by atoms with Gasteiger partial charge in [0.1, 0.15) is 5.70 Å². The Morgan fingerprint density at radius 3 is 2.40 bits per heavy atom. The topological polar surface area (TPSA) is 59.1 Å². The van der Waals surface area contributed by atoms with Crippen LogP contribution in [-0.2, 0) is 19.1 Å². The highest BCUT2D eigenvalue weighted by atomic mass is 16.5. The Labute approximate surface area is 148 Å². The van der Waals surface area contributed by atoms with Crippen LogP contribution in [0, 0.1) is 6.92 Å². The van der Waals surface area contributed by atoms with Crippen molar-refractivity contribution in [2.24, 2.45) is 0 Å². The summed E-state index contributed by atoms with van der Waals surface area (Å²) in [5.74, 6) is -0.426. The molecule has 6 nitrogen and oxygen atoms in total. The van der Waals surface area contributed by atoms with E-state index in [0.29, 0.717) is 57.1 Å². The minimum atomic E-state index is -0.216. The summed E-state index contributed by atoms with van der Waals surface area (Å²) in [5.41, 5.74) is 2.92. The van der Waals surface area contributed by atoms with Crippen molar-refractivity contribution in [1.82, 2.24) is 9.80 Å². The number of nitrogens with zero attached hydrogens (tertiary/aromatic N) is 2. The number of amides is 2. The van der Waals surface area contributed by atoms with E-state index < -0.39 is 0 Å². The number of ether oxygens (including phenoxy) is 2. The first-order valence-electron chi connectivity index (χ1n) is 8.62. The molecule has 25 heavy (non-hydrogen) atoms. The van der Waals surface area contributed by atoms with Crippen LogP contribution in [0.25, 0.3) is 5.57 Å². The summed E-state index contributed by atoms with van der Waals surface area (Å²) in [6, 6.07) is 7.75. The number of methoxy groups -OCH3 is 1. The van der Waals surface area contributed by atoms with E-state index in [2.05, 4.69) is 0 Å². The zero-order valence-corrected chi connectivity index (χ0v) is 14.8. The van der Waals surface area contributed by atoms with Gasteiger partial charge in [-0.2, -0.15) is 0 Å². The molecule has 1 aromatic carbocycles. The minimum Gasteiger partial charge on any atom is -0.385 e. The second kappa shape index (κ2) is 7.80. The van der Waals surface area contributed by atoms with Crippen LogP contribution in [0.15, 0.2) is 30.0 Å². The molecule has 2 heterocycles. The molecular weight excluding hydrogens is 320 g/mol. The second-order valence-corrected chi connectivity index (χ2v) is 6.30. The Balaban J connectivity index is 1.96. The van der Waals surface area contributed by atoms with Crippen LogP contribution < -0.4 is 0 Å². The van der Waals surface area contributed by atoms with Gasteiger partial charge in [0, 0.05) is 33.4 Å². The Morgan fingerprint density at radius 1 is 1.08 bits per heavy atom. The van der Waals surface area contributed by atoms with Gasteiger partial charge >= 0.3 is 0 Å². The first kappa shape index (κ1) is 17.6. The SMILES string of the molecule is COCCCN1C(=O)C(c2ccc(C)cc2)=C(N2CCOCC2)C1=O. The van der Waals surface area contributed by atoms with E-state index in [-0.39, 0.29) is 11.8 Å². The number of imide groups is 1. The van der Waals surface area contributed by atoms with Gasteiger partial charge in [-0.15, -0.1) is 0 Å². The van der Waals surface area contributed by atoms with E-state index in [0.717, 1.165) is 11.1 Å². The summed E-state index contributed by atoms with van der Waals surface area (Å²) in [7, 11) is 1.61. The van der Waals surface area contributed by atoms with Gasteiger partial charge in [0.25, 0.3) is 11.8 Å². The first-order valence-corrected chi connectivity index (χ1v) is 8.62. The molecule has 0 N–H and O–H groups in total. The number of morpholine rings is 1. The number of hydrogen-bond donors (Lipinski definition) is 0. The number of carbonyl (C=O) groups is 2. The highest BCUT2D eigenvalue weighted by molar-refractivity contribution is 6.35. The van der Waals surface area contributed by atoms with Crippen LogP contribution in [0.2, 0.25) is 0 Å². The molecule has 0 spiro atoms. The third-order valence-corrected chi connectivity index (χ3v) is 4.54. The van der Waals surface area contributed by atoms with Crippen LogP contribution in [0.5, 0.6) is 0 Å². The van der Waals surface area contributed by atoms with Crippen LogP contribution in [0.4, 0.5) is 0 Å². The Kier molecular flexibility index (Phi) is 5.50. The molecule has 2 amide bonds. The molecule has 0 saturated carbocycles. The molecule has 1 aromatic rings. The highest BCUT2D eigenvalue weighted by Gasteiger charge is 2.41. The van der Waals surface area contributed by atoms with Gasteiger partial charge in [-0.3, -0.25) is 14.5 Å². The van der Waals surface area contributed by atoms with Crippen LogP contribution in [0.3, 0.4) is 0 Å². The monoisotopic (exact) mass is 344 g/mol. The largest absolute Gasteiger partial charge is 0.385 e. The smallest absolute Gasteiger partial charge is 0.277 e. The van der Waals surface area contributed by atoms with Gasteiger partial charge in [0.05, 0.1) is 18.8 Å². The molecule has 1 fully saturated rings. The average Bonchev–Trinajstić information content (AvgIpc) is 2.88. The summed E-state index contributed by atoms with van der Waals surface area (Å²) in [4.78, 5) is 29.3. The number of hydrogen-bond acceptors (Lipinski definition) is 5. The molecule has 0 atom stereocenters. The van der Waals surface area contributed by atoms with Crippen molar-refractivity contribution in [3.63, 3.8) is 0 Å². The standard InChI is InChI=1S/C19H24N2O4/c1-14-4-6-15(7-5-14)16-17(20-9-12-25-13-10-20)19(23)21(18(16)22)8-3-11-24-2/h4-7H,3,8-13H2,1-2H3. The summed E-state index contributed by atoms with van der Waals surface area (Å²) in [5, 5.41) is 0. The van der Waals surface area contributed by atoms with E-state index in [1.807, 2.05) is 36.1 Å². The van der Waals surface area contributed by atoms with E-state index in [9.17, 15) is 9.59 Å². The van der Waals surface area contributed by atoms with E-state index in [1.165, 1.54) is 4.90 Å². The first-order chi connectivity index (χ1) is 12.1. The molecule has 0 radical (unpaired) electrons. The molecule has 1 saturated heterocycles. The molecule has 2 aliphatic heterocycles. The normalized spacial score (nSPS) is 18.5. The van der Waals surface area contributed by atoms with Crippen molar-refractivity contribution in [1.29, 1.82) is 0 Å². The van der Waals surface area contributed by atoms with Gasteiger partial charge in [0.15, 0.2) is 0 Å². The Morgan fingerprint density at radius 2 is 1.76 bits per heavy atom. The van der Waals surface area contributed by atoms with Crippen LogP contribution in [0.1, 0.15) is 17.5 Å². The van der Waals surface area contributed by atoms with Crippen LogP contribution in [-0.4, -0.2) is 68.2 Å². The van der Waals surface area contributed by atoms with Gasteiger partial charge < -0.3 is 14.4 Å². The lowest BCUT2D eigenvalue weighted by Crippen LogP contribution is -2.40. The summed E-state index contributed by atoms with van der Waals surface area (Å²) < 4.78 is 10.4. The highest BCUT2D eigenvalue weighted by Crippen LogP contribution is 2.32. The third-order valence-electron chi connectivity index (χ3n) is 4.54. The summed E-state index contributed by atoms with van der Waals surface area (Å²) >= 11 is 0. The Bertz CT molecular complexity index is 675. The molecule has 0 aliphatic carbocycles. The van der Waals surface area contributed by atoms with E-state index in [1.54, 1.807) is 7.11 Å². The lowest BCUT2D eigenvalue weighted by atomic mass is 10.0. The summed E-state index contributed by atoms with van der Waals surface area (Å²) in [6.45, 7) is 5.26. The fourth-order valence-electron chi connectivity index (χ4n) is 3.19. The quantitative estimate of drug-likeness (QED) is 0.577. The summed E-state index contributed by atoms with van der Waals surface area (Å²) in [6.07, 6.45) is 0.631. The van der Waals surface area contributed by atoms with Gasteiger partial charge in [-0.1, -0.05) is 29.8 Å². The fourth-order valence-corrected chi connectivity index (χ4v) is 3.19. The van der Waals surface area contributed by atoms with Crippen molar-refractivity contribution in [2.45, 2.75) is 13.3 Å². The molecule has 6 heteroatoms. The molecule has 2 aliphatic rings. The van der Waals surface area contributed by atoms with Crippen molar-refractivity contribution in [2.75, 3.05) is 46.6 Å². The van der Waals surface area contributed by atoms with E-state index in [4.69, 9.17) is 9.47 Å². The number of carbonyl (C=O) groups excluding carboxylic acids is 2. The zero-order valence-electron chi connectivity index (χ0n) is 14.8. The van der Waals surface area contributed by atoms with Crippen LogP contribution >= 0.6 is 0 Å². The van der Waals surface area contributed by atoms with Crippen molar-refractivity contribution >= 4 is 17.4 Å². The maximum absolute atomic E-state index is 13.0. The van der Waals surface area contributed by atoms with Crippen molar-refractivity contribution in [3.05, 3.63) is 41.1 Å². The average molecular weight is 344 g/mol. The molecule has 3 rings (SSSR count). The lowest BCUT2D eigenvalue weighted by Gasteiger charge is -2.29. The molecule has 0 unspecified atom stereocenters. The predicted molar refractivity (Wildman–Crippen MR) is 93.7 cm³/mol. The second-order valence-electron chi connectivity index (χ2n) is 6.30. The Hall–Kier alpha value is -2.18. The van der Waals surface area contributed by atoms with Gasteiger partial charge in [-0.25, -0.2) is 0 Å². The number of aryl methyl sites for hydroxylation is 1. The zero-order chi connectivity index (χ0) is 17.8. The molecule has 134 valence electrons. The third kappa shape index (κ3) is 3.60. The van der Waals surface area contributed by atoms with Gasteiger partial charge in [0.2, 0.25) is 0 Å².